The lowest BCUT2D eigenvalue weighted by molar-refractivity contribution is 0.669. The zero-order valence-electron chi connectivity index (χ0n) is 31.0. The Labute approximate surface area is 332 Å². The number of nitrogens with zero attached hydrogens (tertiary/aromatic N) is 4. The quantitative estimate of drug-likeness (QED) is 0.180. The molecule has 1 aliphatic carbocycles. The van der Waals surface area contributed by atoms with Gasteiger partial charge in [0.25, 0.3) is 0 Å². The summed E-state index contributed by atoms with van der Waals surface area (Å²) in [5, 5.41) is 9.60. The Morgan fingerprint density at radius 2 is 0.948 bits per heavy atom. The summed E-state index contributed by atoms with van der Waals surface area (Å²) in [7, 11) is 0. The Morgan fingerprint density at radius 1 is 0.345 bits per heavy atom. The lowest BCUT2D eigenvalue weighted by Crippen LogP contribution is -2.01. The molecule has 0 N–H and O–H groups in total. The van der Waals surface area contributed by atoms with E-state index in [9.17, 15) is 0 Å². The molecule has 0 radical (unpaired) electrons. The molecule has 268 valence electrons. The highest BCUT2D eigenvalue weighted by molar-refractivity contribution is 6.30. The number of benzene rings is 9. The maximum Gasteiger partial charge on any atom is 0.164 e. The smallest absolute Gasteiger partial charge is 0.164 e. The third kappa shape index (κ3) is 4.44. The Bertz CT molecular complexity index is 3670. The van der Waals surface area contributed by atoms with E-state index in [4.69, 9.17) is 19.4 Å². The molecule has 0 atom stereocenters. The highest BCUT2D eigenvalue weighted by Gasteiger charge is 2.26. The average molecular weight is 739 g/mol. The van der Waals surface area contributed by atoms with Crippen LogP contribution >= 0.6 is 0 Å². The first kappa shape index (κ1) is 31.3. The first-order valence-corrected chi connectivity index (χ1v) is 19.6. The van der Waals surface area contributed by atoms with Gasteiger partial charge in [-0.2, -0.15) is 0 Å². The lowest BCUT2D eigenvalue weighted by atomic mass is 9.97. The summed E-state index contributed by atoms with van der Waals surface area (Å²) in [6.07, 6.45) is 0. The van der Waals surface area contributed by atoms with Crippen LogP contribution in [0.4, 0.5) is 0 Å². The Hall–Kier alpha value is -7.89. The van der Waals surface area contributed by atoms with Crippen LogP contribution in [-0.4, -0.2) is 19.5 Å². The Balaban J connectivity index is 1.03. The SMILES string of the molecule is c1ccc(-c2nc(-c3ccc(-n4c5cc6ccccc6cc5c5c6cccc7c6c(cc54)-c4ccccc4-7)cc3)nc(-c3cccc4oc5ccccc5c34)n2)cc1. The van der Waals surface area contributed by atoms with Crippen LogP contribution in [0.2, 0.25) is 0 Å². The van der Waals surface area contributed by atoms with Gasteiger partial charge in [0, 0.05) is 43.9 Å². The first-order chi connectivity index (χ1) is 28.7. The van der Waals surface area contributed by atoms with E-state index in [1.807, 2.05) is 60.7 Å². The van der Waals surface area contributed by atoms with Gasteiger partial charge >= 0.3 is 0 Å². The lowest BCUT2D eigenvalue weighted by Gasteiger charge is -2.12. The van der Waals surface area contributed by atoms with Crippen LogP contribution in [0.25, 0.3) is 127 Å². The summed E-state index contributed by atoms with van der Waals surface area (Å²) in [5.74, 6) is 1.83. The monoisotopic (exact) mass is 738 g/mol. The van der Waals surface area contributed by atoms with Gasteiger partial charge in [0.1, 0.15) is 11.2 Å². The molecule has 0 spiro atoms. The molecular formula is C53H30N4O. The van der Waals surface area contributed by atoms with E-state index in [2.05, 4.69) is 126 Å². The molecule has 0 bridgehead atoms. The molecular weight excluding hydrogens is 709 g/mol. The molecule has 9 aromatic carbocycles. The Morgan fingerprint density at radius 3 is 1.78 bits per heavy atom. The molecule has 3 heterocycles. The summed E-state index contributed by atoms with van der Waals surface area (Å²) in [4.78, 5) is 15.3. The minimum Gasteiger partial charge on any atom is -0.456 e. The second-order valence-electron chi connectivity index (χ2n) is 15.1. The van der Waals surface area contributed by atoms with E-state index in [0.29, 0.717) is 17.5 Å². The van der Waals surface area contributed by atoms with Crippen molar-refractivity contribution >= 4 is 65.3 Å². The number of rotatable bonds is 4. The molecule has 0 saturated heterocycles. The molecule has 0 fully saturated rings. The molecule has 0 saturated carbocycles. The minimum atomic E-state index is 0.601. The number of fused-ring (bicyclic) bond motifs is 11. The molecule has 5 heteroatoms. The summed E-state index contributed by atoms with van der Waals surface area (Å²) < 4.78 is 8.70. The van der Waals surface area contributed by atoms with Crippen molar-refractivity contribution in [2.75, 3.05) is 0 Å². The molecule has 0 amide bonds. The fraction of sp³-hybridized carbons (Fsp3) is 0. The number of hydrogen-bond acceptors (Lipinski definition) is 4. The van der Waals surface area contributed by atoms with Gasteiger partial charge in [0.15, 0.2) is 17.5 Å². The first-order valence-electron chi connectivity index (χ1n) is 19.6. The maximum atomic E-state index is 6.26. The van der Waals surface area contributed by atoms with Crippen LogP contribution in [0.5, 0.6) is 0 Å². The summed E-state index contributed by atoms with van der Waals surface area (Å²) in [5.41, 5.74) is 13.0. The van der Waals surface area contributed by atoms with E-state index < -0.39 is 0 Å². The fourth-order valence-electron chi connectivity index (χ4n) is 9.40. The molecule has 3 aromatic heterocycles. The van der Waals surface area contributed by atoms with Gasteiger partial charge in [0.2, 0.25) is 0 Å². The normalized spacial score (nSPS) is 12.1. The van der Waals surface area contributed by atoms with Gasteiger partial charge < -0.3 is 8.98 Å². The van der Waals surface area contributed by atoms with Crippen LogP contribution in [0.3, 0.4) is 0 Å². The van der Waals surface area contributed by atoms with E-state index in [-0.39, 0.29) is 0 Å². The number of para-hydroxylation sites is 1. The highest BCUT2D eigenvalue weighted by Crippen LogP contribution is 2.51. The number of aromatic nitrogens is 4. The Kier molecular flexibility index (Phi) is 6.38. The summed E-state index contributed by atoms with van der Waals surface area (Å²) in [6, 6.07) is 64.4. The molecule has 5 nitrogen and oxygen atoms in total. The van der Waals surface area contributed by atoms with Crippen molar-refractivity contribution < 1.29 is 4.42 Å². The second-order valence-corrected chi connectivity index (χ2v) is 15.1. The van der Waals surface area contributed by atoms with E-state index in [1.165, 1.54) is 65.6 Å². The highest BCUT2D eigenvalue weighted by atomic mass is 16.3. The molecule has 13 rings (SSSR count). The third-order valence-corrected chi connectivity index (χ3v) is 12.0. The maximum absolute atomic E-state index is 6.26. The second kappa shape index (κ2) is 11.8. The predicted molar refractivity (Wildman–Crippen MR) is 237 cm³/mol. The largest absolute Gasteiger partial charge is 0.456 e. The minimum absolute atomic E-state index is 0.601. The molecule has 12 aromatic rings. The van der Waals surface area contributed by atoms with Crippen LogP contribution in [-0.2, 0) is 0 Å². The molecule has 1 aliphatic rings. The van der Waals surface area contributed by atoms with Crippen molar-refractivity contribution in [2.24, 2.45) is 0 Å². The van der Waals surface area contributed by atoms with Crippen molar-refractivity contribution in [3.63, 3.8) is 0 Å². The van der Waals surface area contributed by atoms with E-state index in [0.717, 1.165) is 44.3 Å². The van der Waals surface area contributed by atoms with Crippen LogP contribution < -0.4 is 0 Å². The van der Waals surface area contributed by atoms with Gasteiger partial charge in [-0.15, -0.1) is 0 Å². The molecule has 58 heavy (non-hydrogen) atoms. The summed E-state index contributed by atoms with van der Waals surface area (Å²) in [6.45, 7) is 0. The van der Waals surface area contributed by atoms with Gasteiger partial charge in [-0.3, -0.25) is 0 Å². The van der Waals surface area contributed by atoms with Crippen LogP contribution in [0.1, 0.15) is 0 Å². The zero-order chi connectivity index (χ0) is 37.9. The zero-order valence-corrected chi connectivity index (χ0v) is 31.0. The van der Waals surface area contributed by atoms with Gasteiger partial charge in [-0.05, 0) is 98.4 Å². The topological polar surface area (TPSA) is 56.7 Å². The predicted octanol–water partition coefficient (Wildman–Crippen LogP) is 13.8. The number of hydrogen-bond donors (Lipinski definition) is 0. The van der Waals surface area contributed by atoms with Gasteiger partial charge in [0.05, 0.1) is 11.0 Å². The van der Waals surface area contributed by atoms with E-state index in [1.54, 1.807) is 0 Å². The van der Waals surface area contributed by atoms with Gasteiger partial charge in [-0.25, -0.2) is 15.0 Å². The van der Waals surface area contributed by atoms with Crippen LogP contribution in [0, 0.1) is 0 Å². The van der Waals surface area contributed by atoms with Gasteiger partial charge in [-0.1, -0.05) is 127 Å². The fourth-order valence-corrected chi connectivity index (χ4v) is 9.40. The van der Waals surface area contributed by atoms with Crippen LogP contribution in [0.15, 0.2) is 186 Å². The third-order valence-electron chi connectivity index (χ3n) is 12.0. The molecule has 0 aliphatic heterocycles. The van der Waals surface area contributed by atoms with Crippen molar-refractivity contribution in [2.45, 2.75) is 0 Å². The van der Waals surface area contributed by atoms with Crippen molar-refractivity contribution in [3.8, 4) is 62.1 Å². The van der Waals surface area contributed by atoms with Crippen molar-refractivity contribution in [1.29, 1.82) is 0 Å². The standard InChI is InChI=1S/C53H30N4O/c1-2-12-31(13-3-1)51-54-52(56-53(55-51)41-21-11-23-47-50(41)39-18-8-9-22-46(39)58-47)32-24-26-35(27-25-32)57-44-29-34-15-5-4-14-33(34)28-43(44)49-40-20-10-19-38-36-16-6-7-17-37(36)42(48(38)40)30-45(49)57/h1-30H. The summed E-state index contributed by atoms with van der Waals surface area (Å²) >= 11 is 0. The van der Waals surface area contributed by atoms with Crippen molar-refractivity contribution in [3.05, 3.63) is 182 Å². The van der Waals surface area contributed by atoms with Crippen molar-refractivity contribution in [1.82, 2.24) is 19.5 Å². The average Bonchev–Trinajstić information content (AvgIpc) is 3.94. The van der Waals surface area contributed by atoms with E-state index >= 15 is 0 Å². The number of furan rings is 1. The molecule has 0 unspecified atom stereocenters.